The predicted molar refractivity (Wildman–Crippen MR) is 92.3 cm³/mol. The van der Waals surface area contributed by atoms with Crippen LogP contribution in [0.3, 0.4) is 0 Å². The lowest BCUT2D eigenvalue weighted by Gasteiger charge is -2.37. The minimum absolute atomic E-state index is 0. The predicted octanol–water partition coefficient (Wildman–Crippen LogP) is 2.15. The van der Waals surface area contributed by atoms with E-state index in [1.54, 1.807) is 0 Å². The summed E-state index contributed by atoms with van der Waals surface area (Å²) in [6, 6.07) is 0.439. The van der Waals surface area contributed by atoms with Gasteiger partial charge in [0.15, 0.2) is 0 Å². The molecule has 2 fully saturated rings. The lowest BCUT2D eigenvalue weighted by molar-refractivity contribution is -0.138. The summed E-state index contributed by atoms with van der Waals surface area (Å²) in [6.07, 6.45) is 5.58. The highest BCUT2D eigenvalue weighted by Gasteiger charge is 2.36. The highest BCUT2D eigenvalue weighted by atomic mass is 35.5. The van der Waals surface area contributed by atoms with Gasteiger partial charge < -0.3 is 15.5 Å². The molecule has 1 saturated heterocycles. The maximum atomic E-state index is 12.6. The second-order valence-corrected chi connectivity index (χ2v) is 6.15. The van der Waals surface area contributed by atoms with E-state index in [2.05, 4.69) is 11.8 Å². The molecule has 126 valence electrons. The number of amides is 1. The molecule has 0 aromatic heterocycles. The maximum Gasteiger partial charge on any atom is 0.226 e. The molecule has 1 amide bonds. The van der Waals surface area contributed by atoms with Crippen LogP contribution < -0.4 is 5.73 Å². The van der Waals surface area contributed by atoms with Crippen LogP contribution in [0.1, 0.15) is 39.0 Å². The zero-order chi connectivity index (χ0) is 13.8. The Kier molecular flexibility index (Phi) is 9.87. The number of carbonyl (C=O) groups excluding carboxylic acids is 1. The van der Waals surface area contributed by atoms with Crippen LogP contribution in [0.25, 0.3) is 0 Å². The maximum absolute atomic E-state index is 12.6. The van der Waals surface area contributed by atoms with Crippen LogP contribution in [-0.2, 0) is 4.79 Å². The van der Waals surface area contributed by atoms with Gasteiger partial charge in [-0.25, -0.2) is 0 Å². The largest absolute Gasteiger partial charge is 0.342 e. The summed E-state index contributed by atoms with van der Waals surface area (Å²) >= 11 is 0. The van der Waals surface area contributed by atoms with Crippen molar-refractivity contribution in [3.05, 3.63) is 0 Å². The zero-order valence-electron chi connectivity index (χ0n) is 13.3. The number of hydrogen-bond acceptors (Lipinski definition) is 3. The fourth-order valence-corrected chi connectivity index (χ4v) is 3.71. The number of rotatable bonds is 4. The van der Waals surface area contributed by atoms with E-state index >= 15 is 0 Å². The molecule has 21 heavy (non-hydrogen) atoms. The molecular formula is C15H31Cl2N3O. The molecule has 4 nitrogen and oxygen atoms in total. The van der Waals surface area contributed by atoms with Crippen molar-refractivity contribution in [2.45, 2.75) is 45.1 Å². The van der Waals surface area contributed by atoms with Gasteiger partial charge in [0.2, 0.25) is 5.91 Å². The summed E-state index contributed by atoms with van der Waals surface area (Å²) in [5, 5.41) is 0. The molecule has 0 unspecified atom stereocenters. The Balaban J connectivity index is 0.00000200. The molecule has 1 saturated carbocycles. The van der Waals surface area contributed by atoms with Crippen LogP contribution >= 0.6 is 24.8 Å². The molecule has 0 spiro atoms. The van der Waals surface area contributed by atoms with Crippen molar-refractivity contribution in [3.63, 3.8) is 0 Å². The third-order valence-electron chi connectivity index (χ3n) is 5.18. The normalized spacial score (nSPS) is 26.8. The second-order valence-electron chi connectivity index (χ2n) is 6.15. The van der Waals surface area contributed by atoms with E-state index in [1.165, 1.54) is 6.42 Å². The fourth-order valence-electron chi connectivity index (χ4n) is 3.71. The summed E-state index contributed by atoms with van der Waals surface area (Å²) in [5.74, 6) is 0.966. The fraction of sp³-hybridized carbons (Fsp3) is 0.933. The Morgan fingerprint density at radius 2 is 1.81 bits per heavy atom. The smallest absolute Gasteiger partial charge is 0.226 e. The Morgan fingerprint density at radius 1 is 1.19 bits per heavy atom. The van der Waals surface area contributed by atoms with Gasteiger partial charge in [0, 0.05) is 32.1 Å². The molecule has 2 atom stereocenters. The molecule has 0 radical (unpaired) electrons. The number of hydrogen-bond donors (Lipinski definition) is 1. The summed E-state index contributed by atoms with van der Waals surface area (Å²) < 4.78 is 0. The number of nitrogens with two attached hydrogens (primary N) is 1. The average Bonchev–Trinajstić information content (AvgIpc) is 2.94. The van der Waals surface area contributed by atoms with Crippen molar-refractivity contribution in [3.8, 4) is 0 Å². The van der Waals surface area contributed by atoms with Crippen LogP contribution in [0.2, 0.25) is 0 Å². The first kappa shape index (κ1) is 21.0. The summed E-state index contributed by atoms with van der Waals surface area (Å²) in [7, 11) is 2.00. The van der Waals surface area contributed by atoms with E-state index in [9.17, 15) is 4.79 Å². The van der Waals surface area contributed by atoms with Gasteiger partial charge in [-0.3, -0.25) is 4.79 Å². The monoisotopic (exact) mass is 339 g/mol. The zero-order valence-corrected chi connectivity index (χ0v) is 14.9. The number of carbonyl (C=O) groups is 1. The third kappa shape index (κ3) is 4.98. The number of halogens is 2. The first-order valence-corrected chi connectivity index (χ1v) is 7.86. The molecule has 1 aliphatic heterocycles. The van der Waals surface area contributed by atoms with Crippen LogP contribution in [0.4, 0.5) is 0 Å². The van der Waals surface area contributed by atoms with E-state index < -0.39 is 0 Å². The standard InChI is InChI=1S/C15H29N3O.2ClH/c1-3-18-9-7-13(8-10-18)17(2)15(19)14-6-4-5-12(14)11-16;;/h12-14H,3-11,16H2,1-2H3;2*1H/t12-,14-;;/m1../s1. The highest BCUT2D eigenvalue weighted by Crippen LogP contribution is 2.33. The summed E-state index contributed by atoms with van der Waals surface area (Å²) in [4.78, 5) is 17.1. The van der Waals surface area contributed by atoms with Gasteiger partial charge in [0.05, 0.1) is 0 Å². The van der Waals surface area contributed by atoms with Gasteiger partial charge in [-0.05, 0) is 44.7 Å². The van der Waals surface area contributed by atoms with E-state index in [1.807, 2.05) is 11.9 Å². The van der Waals surface area contributed by atoms with Crippen molar-refractivity contribution in [2.75, 3.05) is 33.2 Å². The Labute approximate surface area is 141 Å². The van der Waals surface area contributed by atoms with Crippen molar-refractivity contribution in [1.82, 2.24) is 9.80 Å². The van der Waals surface area contributed by atoms with Gasteiger partial charge >= 0.3 is 0 Å². The van der Waals surface area contributed by atoms with Gasteiger partial charge in [-0.2, -0.15) is 0 Å². The second kappa shape index (κ2) is 9.88. The van der Waals surface area contributed by atoms with Crippen LogP contribution in [0.15, 0.2) is 0 Å². The van der Waals surface area contributed by atoms with Gasteiger partial charge in [-0.1, -0.05) is 13.3 Å². The van der Waals surface area contributed by atoms with E-state index in [0.717, 1.165) is 45.3 Å². The molecule has 1 heterocycles. The third-order valence-corrected chi connectivity index (χ3v) is 5.18. The molecule has 1 aliphatic carbocycles. The first-order valence-electron chi connectivity index (χ1n) is 7.86. The number of likely N-dealkylation sites (tertiary alicyclic amines) is 1. The molecule has 0 bridgehead atoms. The van der Waals surface area contributed by atoms with Gasteiger partial charge in [-0.15, -0.1) is 24.8 Å². The molecule has 2 aliphatic rings. The lowest BCUT2D eigenvalue weighted by atomic mass is 9.93. The minimum atomic E-state index is 0. The van der Waals surface area contributed by atoms with Crippen LogP contribution in [0.5, 0.6) is 0 Å². The van der Waals surface area contributed by atoms with E-state index in [4.69, 9.17) is 5.73 Å². The Hall–Kier alpha value is -0.0300. The van der Waals surface area contributed by atoms with Gasteiger partial charge in [0.25, 0.3) is 0 Å². The lowest BCUT2D eigenvalue weighted by Crippen LogP contribution is -2.48. The van der Waals surface area contributed by atoms with E-state index in [-0.39, 0.29) is 30.7 Å². The topological polar surface area (TPSA) is 49.6 Å². The quantitative estimate of drug-likeness (QED) is 0.853. The Morgan fingerprint density at radius 3 is 2.33 bits per heavy atom. The van der Waals surface area contributed by atoms with Crippen LogP contribution in [0, 0.1) is 11.8 Å². The Bertz CT molecular complexity index is 309. The molecular weight excluding hydrogens is 309 g/mol. The number of piperidine rings is 1. The van der Waals surface area contributed by atoms with Crippen LogP contribution in [-0.4, -0.2) is 55.0 Å². The summed E-state index contributed by atoms with van der Waals surface area (Å²) in [5.41, 5.74) is 5.80. The molecule has 6 heteroatoms. The number of nitrogens with zero attached hydrogens (tertiary/aromatic N) is 2. The molecule has 0 aromatic rings. The van der Waals surface area contributed by atoms with Gasteiger partial charge in [0.1, 0.15) is 0 Å². The van der Waals surface area contributed by atoms with Crippen molar-refractivity contribution < 1.29 is 4.79 Å². The van der Waals surface area contributed by atoms with E-state index in [0.29, 0.717) is 24.4 Å². The first-order chi connectivity index (χ1) is 9.17. The molecule has 2 rings (SSSR count). The average molecular weight is 340 g/mol. The minimum Gasteiger partial charge on any atom is -0.342 e. The molecule has 0 aromatic carbocycles. The highest BCUT2D eigenvalue weighted by molar-refractivity contribution is 5.85. The van der Waals surface area contributed by atoms with Crippen molar-refractivity contribution in [2.24, 2.45) is 17.6 Å². The van der Waals surface area contributed by atoms with Crippen molar-refractivity contribution in [1.29, 1.82) is 0 Å². The van der Waals surface area contributed by atoms with Crippen molar-refractivity contribution >= 4 is 30.7 Å². The SMILES string of the molecule is CCN1CCC(N(C)C(=O)[C@@H]2CCC[C@@H]2CN)CC1.Cl.Cl. The molecule has 2 N–H and O–H groups in total. The summed E-state index contributed by atoms with van der Waals surface area (Å²) in [6.45, 7) is 6.26.